The maximum absolute atomic E-state index is 11.8. The first-order chi connectivity index (χ1) is 7.38. The standard InChI is InChI=1S/C12H21N3O/c1-7-10(4)8-12(16)15(6)11(5)14-13-9(2)3/h7H,8H2,1-6H3/b10-7+,14-11+. The van der Waals surface area contributed by atoms with E-state index in [1.54, 1.807) is 14.0 Å². The smallest absolute Gasteiger partial charge is 0.231 e. The van der Waals surface area contributed by atoms with Crippen molar-refractivity contribution in [2.45, 2.75) is 41.0 Å². The summed E-state index contributed by atoms with van der Waals surface area (Å²) in [5, 5.41) is 7.89. The highest BCUT2D eigenvalue weighted by Gasteiger charge is 2.11. The zero-order valence-corrected chi connectivity index (χ0v) is 11.0. The Bertz CT molecular complexity index is 336. The highest BCUT2D eigenvalue weighted by Crippen LogP contribution is 2.03. The number of allylic oxidation sites excluding steroid dienone is 1. The lowest BCUT2D eigenvalue weighted by molar-refractivity contribution is -0.125. The lowest BCUT2D eigenvalue weighted by Crippen LogP contribution is -2.31. The van der Waals surface area contributed by atoms with Crippen molar-refractivity contribution in [1.29, 1.82) is 0 Å². The Morgan fingerprint density at radius 2 is 1.75 bits per heavy atom. The van der Waals surface area contributed by atoms with Gasteiger partial charge in [0.25, 0.3) is 0 Å². The molecule has 0 aliphatic carbocycles. The second kappa shape index (κ2) is 6.93. The third-order valence-electron chi connectivity index (χ3n) is 2.18. The molecule has 0 radical (unpaired) electrons. The van der Waals surface area contributed by atoms with E-state index in [2.05, 4.69) is 10.2 Å². The third kappa shape index (κ3) is 5.44. The highest BCUT2D eigenvalue weighted by molar-refractivity contribution is 5.97. The first-order valence-electron chi connectivity index (χ1n) is 5.32. The largest absolute Gasteiger partial charge is 0.302 e. The summed E-state index contributed by atoms with van der Waals surface area (Å²) in [6.07, 6.45) is 2.36. The summed E-state index contributed by atoms with van der Waals surface area (Å²) in [5.74, 6) is 0.635. The van der Waals surface area contributed by atoms with Crippen LogP contribution in [-0.4, -0.2) is 29.4 Å². The lowest BCUT2D eigenvalue weighted by atomic mass is 10.2. The molecule has 0 unspecified atom stereocenters. The summed E-state index contributed by atoms with van der Waals surface area (Å²) in [6, 6.07) is 0. The van der Waals surface area contributed by atoms with Crippen molar-refractivity contribution in [3.8, 4) is 0 Å². The number of carbonyl (C=O) groups excluding carboxylic acids is 1. The van der Waals surface area contributed by atoms with Gasteiger partial charge in [0.1, 0.15) is 5.84 Å². The monoisotopic (exact) mass is 223 g/mol. The van der Waals surface area contributed by atoms with E-state index in [0.29, 0.717) is 12.3 Å². The van der Waals surface area contributed by atoms with Gasteiger partial charge in [0.05, 0.1) is 0 Å². The number of hydrogen-bond acceptors (Lipinski definition) is 3. The predicted octanol–water partition coefficient (Wildman–Crippen LogP) is 2.62. The van der Waals surface area contributed by atoms with E-state index in [1.165, 1.54) is 4.90 Å². The van der Waals surface area contributed by atoms with Crippen LogP contribution in [0.1, 0.15) is 41.0 Å². The SMILES string of the molecule is C/C=C(\C)CC(=O)N(C)/C(C)=N/N=C(C)C. The molecule has 16 heavy (non-hydrogen) atoms. The molecule has 0 aliphatic rings. The zero-order chi connectivity index (χ0) is 12.7. The molecule has 0 aromatic rings. The Morgan fingerprint density at radius 1 is 1.19 bits per heavy atom. The molecule has 0 N–H and O–H groups in total. The van der Waals surface area contributed by atoms with Gasteiger partial charge in [0.2, 0.25) is 5.91 Å². The molecule has 4 heteroatoms. The van der Waals surface area contributed by atoms with E-state index < -0.39 is 0 Å². The Hall–Kier alpha value is -1.45. The van der Waals surface area contributed by atoms with Crippen LogP contribution >= 0.6 is 0 Å². The van der Waals surface area contributed by atoms with Crippen LogP contribution in [0.2, 0.25) is 0 Å². The molecular formula is C12H21N3O. The first-order valence-corrected chi connectivity index (χ1v) is 5.32. The summed E-state index contributed by atoms with van der Waals surface area (Å²) < 4.78 is 0. The van der Waals surface area contributed by atoms with Crippen LogP contribution in [0.15, 0.2) is 21.9 Å². The molecule has 0 rings (SSSR count). The number of hydrogen-bond donors (Lipinski definition) is 0. The van der Waals surface area contributed by atoms with Gasteiger partial charge in [0, 0.05) is 19.2 Å². The van der Waals surface area contributed by atoms with Crippen LogP contribution in [0, 0.1) is 0 Å². The summed E-state index contributed by atoms with van der Waals surface area (Å²) in [7, 11) is 1.71. The molecule has 0 atom stereocenters. The van der Waals surface area contributed by atoms with Crippen molar-refractivity contribution in [2.75, 3.05) is 7.05 Å². The molecule has 0 spiro atoms. The summed E-state index contributed by atoms with van der Waals surface area (Å²) >= 11 is 0. The lowest BCUT2D eigenvalue weighted by Gasteiger charge is -2.15. The Labute approximate surface area is 97.7 Å². The van der Waals surface area contributed by atoms with Crippen molar-refractivity contribution in [2.24, 2.45) is 10.2 Å². The van der Waals surface area contributed by atoms with Crippen LogP contribution in [0.25, 0.3) is 0 Å². The molecule has 1 amide bonds. The molecule has 0 fully saturated rings. The van der Waals surface area contributed by atoms with Gasteiger partial charge in [-0.15, -0.1) is 5.10 Å². The average Bonchev–Trinajstić information content (AvgIpc) is 2.24. The summed E-state index contributed by atoms with van der Waals surface area (Å²) in [6.45, 7) is 9.36. The minimum absolute atomic E-state index is 0.0285. The van der Waals surface area contributed by atoms with Crippen molar-refractivity contribution >= 4 is 17.5 Å². The van der Waals surface area contributed by atoms with Crippen LogP contribution < -0.4 is 0 Å². The molecule has 4 nitrogen and oxygen atoms in total. The quantitative estimate of drug-likeness (QED) is 0.314. The van der Waals surface area contributed by atoms with Gasteiger partial charge >= 0.3 is 0 Å². The van der Waals surface area contributed by atoms with Gasteiger partial charge in [-0.2, -0.15) is 5.10 Å². The van der Waals surface area contributed by atoms with E-state index in [0.717, 1.165) is 11.3 Å². The fourth-order valence-corrected chi connectivity index (χ4v) is 0.879. The van der Waals surface area contributed by atoms with Crippen molar-refractivity contribution in [1.82, 2.24) is 4.90 Å². The van der Waals surface area contributed by atoms with Crippen molar-refractivity contribution < 1.29 is 4.79 Å². The number of amides is 1. The molecule has 0 aliphatic heterocycles. The van der Waals surface area contributed by atoms with E-state index in [-0.39, 0.29) is 5.91 Å². The Balaban J connectivity index is 4.56. The molecule has 0 aromatic carbocycles. The predicted molar refractivity (Wildman–Crippen MR) is 68.7 cm³/mol. The molecule has 0 saturated carbocycles. The number of carbonyl (C=O) groups is 1. The van der Waals surface area contributed by atoms with E-state index >= 15 is 0 Å². The number of nitrogens with zero attached hydrogens (tertiary/aromatic N) is 3. The number of amidine groups is 1. The van der Waals surface area contributed by atoms with Gasteiger partial charge in [-0.1, -0.05) is 11.6 Å². The minimum Gasteiger partial charge on any atom is -0.302 e. The fraction of sp³-hybridized carbons (Fsp3) is 0.583. The van der Waals surface area contributed by atoms with Gasteiger partial charge in [-0.25, -0.2) is 0 Å². The van der Waals surface area contributed by atoms with E-state index in [9.17, 15) is 4.79 Å². The van der Waals surface area contributed by atoms with Gasteiger partial charge in [-0.05, 0) is 34.6 Å². The second-order valence-electron chi connectivity index (χ2n) is 3.96. The van der Waals surface area contributed by atoms with Crippen LogP contribution in [-0.2, 0) is 4.79 Å². The van der Waals surface area contributed by atoms with E-state index in [1.807, 2.05) is 33.8 Å². The second-order valence-corrected chi connectivity index (χ2v) is 3.96. The average molecular weight is 223 g/mol. The fourth-order valence-electron chi connectivity index (χ4n) is 0.879. The molecule has 0 heterocycles. The Kier molecular flexibility index (Phi) is 6.30. The van der Waals surface area contributed by atoms with Crippen LogP contribution in [0.4, 0.5) is 0 Å². The highest BCUT2D eigenvalue weighted by atomic mass is 16.2. The van der Waals surface area contributed by atoms with Gasteiger partial charge in [-0.3, -0.25) is 4.79 Å². The Morgan fingerprint density at radius 3 is 2.19 bits per heavy atom. The first kappa shape index (κ1) is 14.6. The maximum Gasteiger partial charge on any atom is 0.231 e. The molecular weight excluding hydrogens is 202 g/mol. The van der Waals surface area contributed by atoms with Gasteiger partial charge < -0.3 is 4.90 Å². The summed E-state index contributed by atoms with van der Waals surface area (Å²) in [5.41, 5.74) is 1.92. The van der Waals surface area contributed by atoms with Gasteiger partial charge in [0.15, 0.2) is 0 Å². The van der Waals surface area contributed by atoms with Crippen molar-refractivity contribution in [3.05, 3.63) is 11.6 Å². The van der Waals surface area contributed by atoms with Crippen molar-refractivity contribution in [3.63, 3.8) is 0 Å². The maximum atomic E-state index is 11.8. The minimum atomic E-state index is 0.0285. The van der Waals surface area contributed by atoms with E-state index in [4.69, 9.17) is 0 Å². The third-order valence-corrected chi connectivity index (χ3v) is 2.18. The molecule has 0 bridgehead atoms. The zero-order valence-electron chi connectivity index (χ0n) is 11.0. The van der Waals surface area contributed by atoms with Crippen LogP contribution in [0.3, 0.4) is 0 Å². The molecule has 90 valence electrons. The van der Waals surface area contributed by atoms with Crippen LogP contribution in [0.5, 0.6) is 0 Å². The number of rotatable bonds is 3. The molecule has 0 saturated heterocycles. The molecule has 0 aromatic heterocycles. The normalized spacial score (nSPS) is 12.4. The summed E-state index contributed by atoms with van der Waals surface area (Å²) in [4.78, 5) is 13.3. The topological polar surface area (TPSA) is 45.0 Å².